The van der Waals surface area contributed by atoms with Gasteiger partial charge in [0.15, 0.2) is 0 Å². The number of rotatable bonds is 4. The Balaban J connectivity index is 1.79. The first kappa shape index (κ1) is 20.9. The lowest BCUT2D eigenvalue weighted by Crippen LogP contribution is -2.36. The smallest absolute Gasteiger partial charge is 0.376 e. The Morgan fingerprint density at radius 1 is 1.21 bits per heavy atom. The average Bonchev–Trinajstić information content (AvgIpc) is 3.19. The minimum atomic E-state index is -4.46. The van der Waals surface area contributed by atoms with Gasteiger partial charge < -0.3 is 10.1 Å². The second-order valence-corrected chi connectivity index (χ2v) is 6.85. The lowest BCUT2D eigenvalue weighted by molar-refractivity contribution is -0.137. The number of benzene rings is 2. The fourth-order valence-electron chi connectivity index (χ4n) is 2.97. The van der Waals surface area contributed by atoms with E-state index < -0.39 is 17.6 Å². The van der Waals surface area contributed by atoms with Gasteiger partial charge in [0.05, 0.1) is 18.2 Å². The zero-order chi connectivity index (χ0) is 20.9. The summed E-state index contributed by atoms with van der Waals surface area (Å²) < 4.78 is 44.5. The Morgan fingerprint density at radius 3 is 2.69 bits per heavy atom. The molecule has 0 bridgehead atoms. The molecule has 2 aromatic rings. The minimum Gasteiger partial charge on any atom is -0.376 e. The van der Waals surface area contributed by atoms with E-state index in [1.165, 1.54) is 12.1 Å². The molecule has 0 radical (unpaired) electrons. The predicted molar refractivity (Wildman–Crippen MR) is 105 cm³/mol. The molecule has 1 heterocycles. The monoisotopic (exact) mass is 405 g/mol. The van der Waals surface area contributed by atoms with Gasteiger partial charge in [-0.1, -0.05) is 23.8 Å². The van der Waals surface area contributed by atoms with E-state index in [4.69, 9.17) is 4.74 Å². The molecule has 0 aliphatic carbocycles. The number of alkyl halides is 3. The van der Waals surface area contributed by atoms with Crippen molar-refractivity contribution >= 4 is 17.6 Å². The molecule has 0 spiro atoms. The highest BCUT2D eigenvalue weighted by molar-refractivity contribution is 6.10. The Hall–Kier alpha value is -2.87. The van der Waals surface area contributed by atoms with Gasteiger partial charge in [-0.05, 0) is 50.1 Å². The summed E-state index contributed by atoms with van der Waals surface area (Å²) in [6.45, 7) is 2.83. The van der Waals surface area contributed by atoms with Crippen molar-refractivity contribution in [2.45, 2.75) is 32.0 Å². The summed E-state index contributed by atoms with van der Waals surface area (Å²) in [6, 6.07) is 11.7. The minimum absolute atomic E-state index is 0.0656. The molecule has 1 fully saturated rings. The molecule has 1 aliphatic heterocycles. The van der Waals surface area contributed by atoms with E-state index >= 15 is 0 Å². The van der Waals surface area contributed by atoms with Crippen LogP contribution in [0.5, 0.6) is 0 Å². The number of carbonyl (C=O) groups excluding carboxylic acids is 1. The van der Waals surface area contributed by atoms with Crippen molar-refractivity contribution in [3.63, 3.8) is 0 Å². The summed E-state index contributed by atoms with van der Waals surface area (Å²) in [7, 11) is 0. The topological polar surface area (TPSA) is 62.7 Å². The molecule has 1 atom stereocenters. The van der Waals surface area contributed by atoms with Crippen LogP contribution in [0.2, 0.25) is 0 Å². The number of guanidine groups is 1. The van der Waals surface area contributed by atoms with Crippen LogP contribution in [0, 0.1) is 6.92 Å². The number of hydrogen-bond donors (Lipinski definition) is 2. The van der Waals surface area contributed by atoms with Crippen molar-refractivity contribution < 1.29 is 22.7 Å². The highest BCUT2D eigenvalue weighted by Crippen LogP contribution is 2.30. The zero-order valence-electron chi connectivity index (χ0n) is 15.9. The molecule has 8 heteroatoms. The summed E-state index contributed by atoms with van der Waals surface area (Å²) in [5.74, 6) is -0.328. The van der Waals surface area contributed by atoms with Crippen molar-refractivity contribution in [1.29, 1.82) is 0 Å². The van der Waals surface area contributed by atoms with Gasteiger partial charge in [-0.2, -0.15) is 13.2 Å². The molecule has 3 rings (SSSR count). The number of amides is 1. The van der Waals surface area contributed by atoms with E-state index in [1.807, 2.05) is 13.0 Å². The molecule has 5 nitrogen and oxygen atoms in total. The van der Waals surface area contributed by atoms with E-state index in [1.54, 1.807) is 18.2 Å². The van der Waals surface area contributed by atoms with E-state index in [9.17, 15) is 18.0 Å². The van der Waals surface area contributed by atoms with Gasteiger partial charge in [0.25, 0.3) is 5.91 Å². The fraction of sp³-hybridized carbons (Fsp3) is 0.333. The Morgan fingerprint density at radius 2 is 2.00 bits per heavy atom. The normalized spacial score (nSPS) is 17.2. The number of halogens is 3. The Kier molecular flexibility index (Phi) is 6.53. The third-order valence-electron chi connectivity index (χ3n) is 4.44. The third-order valence-corrected chi connectivity index (χ3v) is 4.44. The van der Waals surface area contributed by atoms with E-state index in [0.29, 0.717) is 18.7 Å². The van der Waals surface area contributed by atoms with Crippen LogP contribution in [0.1, 0.15) is 34.3 Å². The number of nitrogens with one attached hydrogen (secondary N) is 2. The van der Waals surface area contributed by atoms with E-state index in [2.05, 4.69) is 15.6 Å². The highest BCUT2D eigenvalue weighted by Gasteiger charge is 2.30. The predicted octanol–water partition coefficient (Wildman–Crippen LogP) is 4.39. The molecule has 2 aromatic carbocycles. The van der Waals surface area contributed by atoms with Gasteiger partial charge in [-0.25, -0.2) is 4.99 Å². The van der Waals surface area contributed by atoms with Gasteiger partial charge in [0, 0.05) is 17.9 Å². The van der Waals surface area contributed by atoms with Gasteiger partial charge in [-0.3, -0.25) is 10.1 Å². The summed E-state index contributed by atoms with van der Waals surface area (Å²) in [4.78, 5) is 16.9. The SMILES string of the molecule is Cc1cccc(C(=O)NC(=NC[C@H]2CCCO2)Nc2cccc(C(F)(F)F)c2)c1. The molecule has 154 valence electrons. The maximum atomic E-state index is 13.0. The van der Waals surface area contributed by atoms with Crippen LogP contribution in [0.25, 0.3) is 0 Å². The first-order chi connectivity index (χ1) is 13.8. The van der Waals surface area contributed by atoms with Crippen molar-refractivity contribution in [1.82, 2.24) is 5.32 Å². The molecule has 0 saturated carbocycles. The molecule has 0 aromatic heterocycles. The number of ether oxygens (including phenoxy) is 1. The second kappa shape index (κ2) is 9.09. The quantitative estimate of drug-likeness (QED) is 0.586. The third kappa shape index (κ3) is 6.05. The number of hydrogen-bond acceptors (Lipinski definition) is 3. The fourth-order valence-corrected chi connectivity index (χ4v) is 2.97. The molecule has 1 amide bonds. The lowest BCUT2D eigenvalue weighted by atomic mass is 10.1. The molecule has 29 heavy (non-hydrogen) atoms. The van der Waals surface area contributed by atoms with Crippen molar-refractivity contribution in [3.8, 4) is 0 Å². The van der Waals surface area contributed by atoms with Crippen molar-refractivity contribution in [2.75, 3.05) is 18.5 Å². The summed E-state index contributed by atoms with van der Waals surface area (Å²) >= 11 is 0. The largest absolute Gasteiger partial charge is 0.416 e. The first-order valence-corrected chi connectivity index (χ1v) is 9.29. The van der Waals surface area contributed by atoms with Crippen molar-refractivity contribution in [2.24, 2.45) is 4.99 Å². The molecular weight excluding hydrogens is 383 g/mol. The number of nitrogens with zero attached hydrogens (tertiary/aromatic N) is 1. The summed E-state index contributed by atoms with van der Waals surface area (Å²) in [6.07, 6.45) is -2.74. The van der Waals surface area contributed by atoms with Gasteiger partial charge in [-0.15, -0.1) is 0 Å². The number of anilines is 1. The highest BCUT2D eigenvalue weighted by atomic mass is 19.4. The average molecular weight is 405 g/mol. The van der Waals surface area contributed by atoms with Crippen LogP contribution in [0.4, 0.5) is 18.9 Å². The molecular formula is C21H22F3N3O2. The second-order valence-electron chi connectivity index (χ2n) is 6.85. The molecule has 1 saturated heterocycles. The van der Waals surface area contributed by atoms with Crippen molar-refractivity contribution in [3.05, 3.63) is 65.2 Å². The Labute approximate surface area is 167 Å². The van der Waals surface area contributed by atoms with Gasteiger partial charge in [0.2, 0.25) is 5.96 Å². The summed E-state index contributed by atoms with van der Waals surface area (Å²) in [5, 5.41) is 5.45. The van der Waals surface area contributed by atoms with Crippen LogP contribution in [0.3, 0.4) is 0 Å². The Bertz CT molecular complexity index is 891. The maximum absolute atomic E-state index is 13.0. The van der Waals surface area contributed by atoms with Crippen LogP contribution < -0.4 is 10.6 Å². The zero-order valence-corrected chi connectivity index (χ0v) is 15.9. The molecule has 2 N–H and O–H groups in total. The van der Waals surface area contributed by atoms with Crippen LogP contribution in [0.15, 0.2) is 53.5 Å². The van der Waals surface area contributed by atoms with Crippen LogP contribution >= 0.6 is 0 Å². The van der Waals surface area contributed by atoms with E-state index in [0.717, 1.165) is 30.5 Å². The molecule has 0 unspecified atom stereocenters. The number of aliphatic imine (C=N–C) groups is 1. The lowest BCUT2D eigenvalue weighted by Gasteiger charge is -2.15. The standard InChI is InChI=1S/C21H22F3N3O2/c1-14-5-2-6-15(11-14)19(28)27-20(25-13-18-9-4-10-29-18)26-17-8-3-7-16(12-17)21(22,23)24/h2-3,5-8,11-12,18H,4,9-10,13H2,1H3,(H2,25,26,27,28)/t18-/m1/s1. The van der Waals surface area contributed by atoms with Crippen LogP contribution in [-0.2, 0) is 10.9 Å². The van der Waals surface area contributed by atoms with E-state index in [-0.39, 0.29) is 17.8 Å². The first-order valence-electron chi connectivity index (χ1n) is 9.29. The maximum Gasteiger partial charge on any atom is 0.416 e. The summed E-state index contributed by atoms with van der Waals surface area (Å²) in [5.41, 5.74) is 0.739. The number of carbonyl (C=O) groups is 1. The van der Waals surface area contributed by atoms with Gasteiger partial charge in [0.1, 0.15) is 0 Å². The molecule has 1 aliphatic rings. The van der Waals surface area contributed by atoms with Gasteiger partial charge >= 0.3 is 6.18 Å². The number of aryl methyl sites for hydroxylation is 1. The van der Waals surface area contributed by atoms with Crippen LogP contribution in [-0.4, -0.2) is 31.1 Å².